The molecule has 0 amide bonds. The number of carbonyl (C=O) groups excluding carboxylic acids is 1. The van der Waals surface area contributed by atoms with E-state index >= 15 is 0 Å². The van der Waals surface area contributed by atoms with Crippen molar-refractivity contribution in [3.63, 3.8) is 0 Å². The lowest BCUT2D eigenvalue weighted by Crippen LogP contribution is -2.49. The molecule has 1 N–H and O–H groups in total. The van der Waals surface area contributed by atoms with E-state index in [0.717, 1.165) is 0 Å². The van der Waals surface area contributed by atoms with Gasteiger partial charge in [-0.05, 0) is 36.8 Å². The monoisotopic (exact) mass is 386 g/mol. The summed E-state index contributed by atoms with van der Waals surface area (Å²) in [5.41, 5.74) is -0.218. The smallest absolute Gasteiger partial charge is 0.217 e. The quantitative estimate of drug-likeness (QED) is 0.668. The van der Waals surface area contributed by atoms with Gasteiger partial charge in [0, 0.05) is 12.0 Å². The fourth-order valence-electron chi connectivity index (χ4n) is 2.43. The first-order chi connectivity index (χ1) is 12.8. The molecule has 2 aromatic rings. The minimum absolute atomic E-state index is 0.0251. The molecule has 0 spiro atoms. The van der Waals surface area contributed by atoms with Crippen LogP contribution in [0, 0.1) is 11.3 Å². The lowest BCUT2D eigenvalue weighted by atomic mass is 10.1. The van der Waals surface area contributed by atoms with Gasteiger partial charge in [-0.2, -0.15) is 9.98 Å². The Bertz CT molecular complexity index is 919. The van der Waals surface area contributed by atoms with Gasteiger partial charge in [-0.15, -0.1) is 0 Å². The number of hydrogen-bond acceptors (Lipinski definition) is 5. The van der Waals surface area contributed by atoms with Gasteiger partial charge in [0.1, 0.15) is 12.4 Å². The summed E-state index contributed by atoms with van der Waals surface area (Å²) in [7, 11) is -3.73. The molecule has 0 heterocycles. The molecular weight excluding hydrogens is 364 g/mol. The van der Waals surface area contributed by atoms with Crippen LogP contribution >= 0.6 is 0 Å². The molecule has 2 aromatic carbocycles. The minimum atomic E-state index is -3.73. The van der Waals surface area contributed by atoms with Crippen molar-refractivity contribution in [1.29, 1.82) is 5.26 Å². The molecule has 0 aromatic heterocycles. The van der Waals surface area contributed by atoms with E-state index in [9.17, 15) is 18.5 Å². The number of sulfonamides is 1. The van der Waals surface area contributed by atoms with Crippen LogP contribution in [0.3, 0.4) is 0 Å². The Morgan fingerprint density at radius 2 is 1.78 bits per heavy atom. The minimum Gasteiger partial charge on any atom is -0.491 e. The van der Waals surface area contributed by atoms with Gasteiger partial charge in [0.2, 0.25) is 10.0 Å². The molecule has 0 aliphatic carbocycles. The number of nitrogens with zero attached hydrogens (tertiary/aromatic N) is 1. The summed E-state index contributed by atoms with van der Waals surface area (Å²) in [6.45, 7) is 3.08. The lowest BCUT2D eigenvalue weighted by molar-refractivity contribution is 0.0988. The van der Waals surface area contributed by atoms with Crippen molar-refractivity contribution >= 4 is 15.8 Å². The number of ketones is 1. The molecule has 2 rings (SSSR count). The Labute approximate surface area is 159 Å². The Morgan fingerprint density at radius 1 is 1.15 bits per heavy atom. The van der Waals surface area contributed by atoms with Crippen LogP contribution in [0.25, 0.3) is 0 Å². The number of nitriles is 1. The number of rotatable bonds is 9. The maximum atomic E-state index is 12.4. The first-order valence-electron chi connectivity index (χ1n) is 8.50. The van der Waals surface area contributed by atoms with E-state index in [-0.39, 0.29) is 18.1 Å². The maximum absolute atomic E-state index is 12.4. The Hall–Kier alpha value is -2.69. The second kappa shape index (κ2) is 8.80. The first kappa shape index (κ1) is 20.6. The molecule has 27 heavy (non-hydrogen) atoms. The van der Waals surface area contributed by atoms with Crippen molar-refractivity contribution in [1.82, 2.24) is 4.72 Å². The highest BCUT2D eigenvalue weighted by Gasteiger charge is 2.31. The summed E-state index contributed by atoms with van der Waals surface area (Å²) >= 11 is 0. The van der Waals surface area contributed by atoms with Gasteiger partial charge in [0.05, 0.1) is 11.8 Å². The van der Waals surface area contributed by atoms with Gasteiger partial charge in [-0.25, -0.2) is 8.42 Å². The molecule has 0 fully saturated rings. The number of ether oxygens (including phenoxy) is 1. The molecule has 0 bridgehead atoms. The topological polar surface area (TPSA) is 96.3 Å². The molecule has 0 aliphatic heterocycles. The molecule has 0 saturated carbocycles. The van der Waals surface area contributed by atoms with Crippen molar-refractivity contribution in [2.75, 3.05) is 6.61 Å². The maximum Gasteiger partial charge on any atom is 0.217 e. The van der Waals surface area contributed by atoms with Crippen molar-refractivity contribution < 1.29 is 17.9 Å². The van der Waals surface area contributed by atoms with Gasteiger partial charge in [-0.3, -0.25) is 4.79 Å². The molecule has 0 saturated heterocycles. The molecular formula is C20H22N2O4S. The van der Waals surface area contributed by atoms with Crippen LogP contribution in [0.1, 0.15) is 36.2 Å². The zero-order chi connectivity index (χ0) is 19.9. The van der Waals surface area contributed by atoms with Crippen LogP contribution < -0.4 is 9.46 Å². The fraction of sp³-hybridized carbons (Fsp3) is 0.300. The van der Waals surface area contributed by atoms with Crippen molar-refractivity contribution in [2.45, 2.75) is 31.6 Å². The van der Waals surface area contributed by atoms with E-state index in [1.807, 2.05) is 6.07 Å². The third-order valence-corrected chi connectivity index (χ3v) is 5.33. The lowest BCUT2D eigenvalue weighted by Gasteiger charge is -2.23. The largest absolute Gasteiger partial charge is 0.491 e. The molecule has 0 aliphatic rings. The summed E-state index contributed by atoms with van der Waals surface area (Å²) in [4.78, 5) is 11.6. The average Bonchev–Trinajstić information content (AvgIpc) is 2.66. The normalized spacial score (nSPS) is 13.4. The van der Waals surface area contributed by atoms with Gasteiger partial charge >= 0.3 is 0 Å². The van der Waals surface area contributed by atoms with Crippen LogP contribution in [-0.2, 0) is 15.8 Å². The molecule has 1 unspecified atom stereocenters. The summed E-state index contributed by atoms with van der Waals surface area (Å²) in [6, 6.07) is 17.2. The molecule has 142 valence electrons. The van der Waals surface area contributed by atoms with E-state index in [1.54, 1.807) is 61.5 Å². The Morgan fingerprint density at radius 3 is 2.33 bits per heavy atom. The second-order valence-electron chi connectivity index (χ2n) is 6.38. The summed E-state index contributed by atoms with van der Waals surface area (Å²) in [5.74, 6) is 0.252. The predicted molar refractivity (Wildman–Crippen MR) is 103 cm³/mol. The molecule has 0 radical (unpaired) electrons. The van der Waals surface area contributed by atoms with Gasteiger partial charge in [-0.1, -0.05) is 37.3 Å². The number of carbonyl (C=O) groups is 1. The van der Waals surface area contributed by atoms with Crippen molar-refractivity contribution in [3.05, 3.63) is 65.7 Å². The fourth-order valence-corrected chi connectivity index (χ4v) is 3.92. The number of benzene rings is 2. The third kappa shape index (κ3) is 6.20. The molecule has 7 heteroatoms. The van der Waals surface area contributed by atoms with Crippen LogP contribution in [-0.4, -0.2) is 26.3 Å². The highest BCUT2D eigenvalue weighted by atomic mass is 32.2. The Balaban J connectivity index is 2.02. The molecule has 6 nitrogen and oxygen atoms in total. The van der Waals surface area contributed by atoms with Crippen LogP contribution in [0.5, 0.6) is 5.75 Å². The third-order valence-electron chi connectivity index (χ3n) is 3.85. The van der Waals surface area contributed by atoms with Crippen molar-refractivity contribution in [3.8, 4) is 11.8 Å². The highest BCUT2D eigenvalue weighted by molar-refractivity contribution is 7.88. The van der Waals surface area contributed by atoms with Crippen LogP contribution in [0.2, 0.25) is 0 Å². The van der Waals surface area contributed by atoms with Crippen LogP contribution in [0.4, 0.5) is 0 Å². The predicted octanol–water partition coefficient (Wildman–Crippen LogP) is 3.06. The Kier molecular flexibility index (Phi) is 6.72. The van der Waals surface area contributed by atoms with Gasteiger partial charge < -0.3 is 4.74 Å². The average molecular weight is 386 g/mol. The number of hydrogen-bond donors (Lipinski definition) is 1. The SMILES string of the molecule is CCC(=O)c1ccc(OCC(C)(C#N)NS(=O)(=O)Cc2ccccc2)cc1. The first-order valence-corrected chi connectivity index (χ1v) is 10.1. The summed E-state index contributed by atoms with van der Waals surface area (Å²) in [6.07, 6.45) is 0.413. The zero-order valence-electron chi connectivity index (χ0n) is 15.3. The number of Topliss-reactive ketones (excluding diaryl/α,β-unsaturated/α-hetero) is 1. The van der Waals surface area contributed by atoms with Gasteiger partial charge in [0.25, 0.3) is 0 Å². The van der Waals surface area contributed by atoms with Crippen LogP contribution in [0.15, 0.2) is 54.6 Å². The van der Waals surface area contributed by atoms with E-state index in [1.165, 1.54) is 6.92 Å². The van der Waals surface area contributed by atoms with E-state index in [4.69, 9.17) is 4.74 Å². The standard InChI is InChI=1S/C20H22N2O4S/c1-3-19(23)17-9-11-18(12-10-17)26-15-20(2,14-21)22-27(24,25)13-16-7-5-4-6-8-16/h4-12,22H,3,13,15H2,1-2H3. The second-order valence-corrected chi connectivity index (χ2v) is 8.10. The van der Waals surface area contributed by atoms with E-state index in [0.29, 0.717) is 23.3 Å². The number of nitrogens with one attached hydrogen (secondary N) is 1. The summed E-state index contributed by atoms with van der Waals surface area (Å²) < 4.78 is 32.7. The van der Waals surface area contributed by atoms with E-state index in [2.05, 4.69) is 4.72 Å². The van der Waals surface area contributed by atoms with Crippen molar-refractivity contribution in [2.24, 2.45) is 0 Å². The summed E-state index contributed by atoms with van der Waals surface area (Å²) in [5, 5.41) is 9.44. The van der Waals surface area contributed by atoms with E-state index < -0.39 is 15.6 Å². The van der Waals surface area contributed by atoms with Gasteiger partial charge in [0.15, 0.2) is 11.3 Å². The molecule has 1 atom stereocenters. The zero-order valence-corrected chi connectivity index (χ0v) is 16.1. The highest BCUT2D eigenvalue weighted by Crippen LogP contribution is 2.16.